The van der Waals surface area contributed by atoms with E-state index in [4.69, 9.17) is 11.0 Å². The van der Waals surface area contributed by atoms with Crippen LogP contribution in [0.5, 0.6) is 0 Å². The summed E-state index contributed by atoms with van der Waals surface area (Å²) in [5.74, 6) is -2.62. The van der Waals surface area contributed by atoms with Gasteiger partial charge in [-0.05, 0) is 13.8 Å². The van der Waals surface area contributed by atoms with Crippen LogP contribution in [0.3, 0.4) is 0 Å². The summed E-state index contributed by atoms with van der Waals surface area (Å²) in [4.78, 5) is 22.7. The van der Waals surface area contributed by atoms with Crippen LogP contribution < -0.4 is 0 Å². The maximum Gasteiger partial charge on any atom is 0.333 e. The molecular formula is C12H18O5. The molecule has 0 rings (SSSR count). The molecule has 0 unspecified atom stereocenters. The summed E-state index contributed by atoms with van der Waals surface area (Å²) in [6.07, 6.45) is 0. The third-order valence-electron chi connectivity index (χ3n) is 1.17. The molecule has 0 heterocycles. The lowest BCUT2D eigenvalue weighted by Crippen LogP contribution is -2.14. The maximum atomic E-state index is 11.4. The lowest BCUT2D eigenvalue weighted by atomic mass is 10.4. The standard InChI is InChI=1S/C12H18O5/c1-9(2)11(13)16-7-5-15-6-8-17-12(14)10(3)4/h1,3,5-8H2,2,4H3/i5D2,6D2,7D2,8D2. The van der Waals surface area contributed by atoms with Gasteiger partial charge in [0.2, 0.25) is 0 Å². The highest BCUT2D eigenvalue weighted by atomic mass is 16.6. The first-order chi connectivity index (χ1) is 10.9. The van der Waals surface area contributed by atoms with Gasteiger partial charge in [0, 0.05) is 11.1 Å². The third kappa shape index (κ3) is 8.21. The van der Waals surface area contributed by atoms with E-state index in [1.165, 1.54) is 13.8 Å². The van der Waals surface area contributed by atoms with Crippen molar-refractivity contribution in [1.29, 1.82) is 0 Å². The second kappa shape index (κ2) is 8.52. The van der Waals surface area contributed by atoms with Gasteiger partial charge in [-0.2, -0.15) is 0 Å². The van der Waals surface area contributed by atoms with Gasteiger partial charge in [0.05, 0.1) is 24.1 Å². The molecule has 0 aliphatic carbocycles. The molecule has 0 aliphatic heterocycles. The average molecular weight is 250 g/mol. The minimum Gasteiger partial charge on any atom is -0.460 e. The van der Waals surface area contributed by atoms with Crippen LogP contribution in [0.2, 0.25) is 0 Å². The first kappa shape index (κ1) is 6.35. The smallest absolute Gasteiger partial charge is 0.333 e. The fraction of sp³-hybridized carbons (Fsp3) is 0.500. The van der Waals surface area contributed by atoms with E-state index in [0.29, 0.717) is 0 Å². The number of rotatable bonds is 8. The van der Waals surface area contributed by atoms with Crippen LogP contribution in [0.15, 0.2) is 24.3 Å². The van der Waals surface area contributed by atoms with E-state index in [2.05, 4.69) is 27.4 Å². The lowest BCUT2D eigenvalue weighted by Gasteiger charge is -2.06. The Labute approximate surface area is 112 Å². The van der Waals surface area contributed by atoms with Crippen molar-refractivity contribution in [2.75, 3.05) is 26.2 Å². The number of carbonyl (C=O) groups is 2. The quantitative estimate of drug-likeness (QED) is 0.479. The van der Waals surface area contributed by atoms with E-state index in [1.54, 1.807) is 0 Å². The van der Waals surface area contributed by atoms with Crippen LogP contribution in [0.1, 0.15) is 24.8 Å². The second-order valence-electron chi connectivity index (χ2n) is 2.85. The molecule has 5 heteroatoms. The Kier molecular flexibility index (Phi) is 3.18. The number of ether oxygens (including phenoxy) is 3. The molecule has 17 heavy (non-hydrogen) atoms. The second-order valence-corrected chi connectivity index (χ2v) is 2.85. The van der Waals surface area contributed by atoms with Gasteiger partial charge in [0.1, 0.15) is 13.1 Å². The molecule has 96 valence electrons. The Bertz CT molecular complexity index is 534. The van der Waals surface area contributed by atoms with E-state index in [0.717, 1.165) is 0 Å². The molecule has 0 atom stereocenters. The fourth-order valence-electron chi connectivity index (χ4n) is 0.376. The predicted octanol–water partition coefficient (Wildman–Crippen LogP) is 1.24. The van der Waals surface area contributed by atoms with Crippen molar-refractivity contribution in [1.82, 2.24) is 0 Å². The van der Waals surface area contributed by atoms with Gasteiger partial charge in [0.15, 0.2) is 0 Å². The minimum atomic E-state index is -3.65. The molecule has 0 aliphatic rings. The number of carbonyl (C=O) groups excluding carboxylic acids is 2. The Morgan fingerprint density at radius 2 is 1.29 bits per heavy atom. The fourth-order valence-corrected chi connectivity index (χ4v) is 0.376. The molecule has 0 fully saturated rings. The van der Waals surface area contributed by atoms with Gasteiger partial charge >= 0.3 is 11.9 Å². The Morgan fingerprint density at radius 3 is 1.59 bits per heavy atom. The SMILES string of the molecule is [2H]C([2H])(OC(=O)C(=C)C)C([2H])([2H])OC([2H])([2H])C([2H])([2H])OC(=O)C(=C)C. The summed E-state index contributed by atoms with van der Waals surface area (Å²) in [7, 11) is 0. The highest BCUT2D eigenvalue weighted by molar-refractivity contribution is 5.87. The zero-order valence-electron chi connectivity index (χ0n) is 17.5. The van der Waals surface area contributed by atoms with Crippen molar-refractivity contribution in [3.05, 3.63) is 24.3 Å². The summed E-state index contributed by atoms with van der Waals surface area (Å²) in [6.45, 7) is -5.61. The van der Waals surface area contributed by atoms with Crippen LogP contribution in [0.25, 0.3) is 0 Å². The largest absolute Gasteiger partial charge is 0.460 e. The van der Waals surface area contributed by atoms with Gasteiger partial charge < -0.3 is 14.2 Å². The predicted molar refractivity (Wildman–Crippen MR) is 62.4 cm³/mol. The van der Waals surface area contributed by atoms with E-state index in [9.17, 15) is 9.59 Å². The highest BCUT2D eigenvalue weighted by Gasteiger charge is 2.03. The van der Waals surface area contributed by atoms with Crippen LogP contribution in [-0.2, 0) is 23.8 Å². The van der Waals surface area contributed by atoms with Crippen LogP contribution >= 0.6 is 0 Å². The molecular weight excluding hydrogens is 224 g/mol. The summed E-state index contributed by atoms with van der Waals surface area (Å²) in [6, 6.07) is 0. The molecule has 0 aromatic carbocycles. The highest BCUT2D eigenvalue weighted by Crippen LogP contribution is 1.93. The van der Waals surface area contributed by atoms with Gasteiger partial charge in [-0.1, -0.05) is 13.2 Å². The molecule has 0 bridgehead atoms. The van der Waals surface area contributed by atoms with E-state index in [-0.39, 0.29) is 11.1 Å². The van der Waals surface area contributed by atoms with Gasteiger partial charge in [-0.3, -0.25) is 0 Å². The minimum absolute atomic E-state index is 0.256. The van der Waals surface area contributed by atoms with E-state index in [1.807, 2.05) is 0 Å². The number of hydrogen-bond acceptors (Lipinski definition) is 5. The first-order valence-corrected chi connectivity index (χ1v) is 4.34. The van der Waals surface area contributed by atoms with Crippen molar-refractivity contribution in [2.45, 2.75) is 13.8 Å². The van der Waals surface area contributed by atoms with Crippen LogP contribution in [0, 0.1) is 0 Å². The summed E-state index contributed by atoms with van der Waals surface area (Å²) >= 11 is 0. The van der Waals surface area contributed by atoms with Crippen molar-refractivity contribution in [2.24, 2.45) is 0 Å². The Balaban J connectivity index is 5.47. The maximum absolute atomic E-state index is 11.4. The van der Waals surface area contributed by atoms with Crippen LogP contribution in [0.4, 0.5) is 0 Å². The monoisotopic (exact) mass is 250 g/mol. The molecule has 0 aromatic heterocycles. The van der Waals surface area contributed by atoms with Crippen molar-refractivity contribution in [3.8, 4) is 0 Å². The van der Waals surface area contributed by atoms with Crippen molar-refractivity contribution >= 4 is 11.9 Å². The summed E-state index contributed by atoms with van der Waals surface area (Å²) in [5.41, 5.74) is -0.512. The molecule has 0 amide bonds. The molecule has 0 saturated carbocycles. The molecule has 0 spiro atoms. The van der Waals surface area contributed by atoms with Gasteiger partial charge in [-0.15, -0.1) is 0 Å². The topological polar surface area (TPSA) is 61.8 Å². The van der Waals surface area contributed by atoms with Crippen molar-refractivity contribution in [3.63, 3.8) is 0 Å². The number of esters is 2. The molecule has 0 radical (unpaired) electrons. The zero-order chi connectivity index (χ0) is 20.4. The lowest BCUT2D eigenvalue weighted by molar-refractivity contribution is -0.141. The molecule has 0 N–H and O–H groups in total. The van der Waals surface area contributed by atoms with E-state index < -0.39 is 38.2 Å². The zero-order valence-corrected chi connectivity index (χ0v) is 9.46. The Hall–Kier alpha value is -1.62. The summed E-state index contributed by atoms with van der Waals surface area (Å²) < 4.78 is 72.2. The normalized spacial score (nSPS) is 19.9. The molecule has 0 saturated heterocycles. The van der Waals surface area contributed by atoms with Gasteiger partial charge in [0.25, 0.3) is 0 Å². The van der Waals surface area contributed by atoms with Crippen molar-refractivity contribution < 1.29 is 34.8 Å². The number of hydrogen-bond donors (Lipinski definition) is 0. The average Bonchev–Trinajstić information content (AvgIpc) is 2.35. The van der Waals surface area contributed by atoms with Gasteiger partial charge in [-0.25, -0.2) is 9.59 Å². The Morgan fingerprint density at radius 1 is 0.941 bits per heavy atom. The van der Waals surface area contributed by atoms with E-state index >= 15 is 0 Å². The molecule has 0 aromatic rings. The first-order valence-electron chi connectivity index (χ1n) is 8.34. The third-order valence-corrected chi connectivity index (χ3v) is 1.17. The molecule has 5 nitrogen and oxygen atoms in total. The van der Waals surface area contributed by atoms with Crippen LogP contribution in [-0.4, -0.2) is 38.2 Å². The summed E-state index contributed by atoms with van der Waals surface area (Å²) in [5, 5.41) is 0.